The number of allylic oxidation sites excluding steroid dienone is 1. The maximum Gasteiger partial charge on any atom is 0.188 e. The van der Waals surface area contributed by atoms with Crippen LogP contribution in [-0.2, 0) is 0 Å². The summed E-state index contributed by atoms with van der Waals surface area (Å²) >= 11 is 7.35. The monoisotopic (exact) mass is 343 g/mol. The molecule has 114 valence electrons. The van der Waals surface area contributed by atoms with Crippen LogP contribution in [0, 0.1) is 11.3 Å². The van der Waals surface area contributed by atoms with Crippen LogP contribution in [0.15, 0.2) is 35.6 Å². The van der Waals surface area contributed by atoms with Gasteiger partial charge in [-0.3, -0.25) is 0 Å². The predicted molar refractivity (Wildman–Crippen MR) is 90.0 cm³/mol. The fraction of sp³-hybridized carbons (Fsp3) is 0.0667. The molecular formula is C15H10ClN5OS. The molecule has 0 amide bonds. The number of hydrogen-bond donors (Lipinski definition) is 2. The molecule has 8 heteroatoms. The number of nitrogens with zero attached hydrogens (tertiary/aromatic N) is 4. The topological polar surface area (TPSA) is 98.5 Å². The largest absolute Gasteiger partial charge is 0.504 e. The quantitative estimate of drug-likeness (QED) is 0.326. The highest BCUT2D eigenvalue weighted by atomic mass is 35.5. The van der Waals surface area contributed by atoms with Crippen LogP contribution >= 0.6 is 23.4 Å². The van der Waals surface area contributed by atoms with Gasteiger partial charge in [-0.2, -0.15) is 5.26 Å². The second-order valence-corrected chi connectivity index (χ2v) is 5.67. The minimum atomic E-state index is -0.339. The first-order valence-electron chi connectivity index (χ1n) is 6.49. The normalized spacial score (nSPS) is 12.0. The summed E-state index contributed by atoms with van der Waals surface area (Å²) in [6.07, 6.45) is 3.19. The van der Waals surface area contributed by atoms with E-state index < -0.39 is 0 Å². The number of nitrogens with one attached hydrogen (secondary N) is 1. The van der Waals surface area contributed by atoms with Gasteiger partial charge in [0.2, 0.25) is 0 Å². The average molecular weight is 344 g/mol. The van der Waals surface area contributed by atoms with Gasteiger partial charge in [-0.25, -0.2) is 15.0 Å². The number of H-pyrrole nitrogens is 1. The van der Waals surface area contributed by atoms with E-state index in [1.807, 2.05) is 30.3 Å². The molecule has 2 N–H and O–H groups in total. The molecule has 1 aromatic carbocycles. The van der Waals surface area contributed by atoms with Crippen LogP contribution in [-0.4, -0.2) is 31.3 Å². The molecule has 0 saturated carbocycles. The third kappa shape index (κ3) is 2.86. The summed E-state index contributed by atoms with van der Waals surface area (Å²) in [6.45, 7) is 0. The number of para-hydroxylation sites is 2. The lowest BCUT2D eigenvalue weighted by molar-refractivity contribution is 0.509. The molecule has 3 rings (SSSR count). The van der Waals surface area contributed by atoms with Crippen molar-refractivity contribution in [3.05, 3.63) is 47.0 Å². The Balaban J connectivity index is 2.18. The Hall–Kier alpha value is -2.56. The molecule has 0 atom stereocenters. The molecule has 0 unspecified atom stereocenters. The molecule has 2 aromatic heterocycles. The number of thioether (sulfide) groups is 1. The third-order valence-electron chi connectivity index (χ3n) is 3.10. The number of aromatic nitrogens is 4. The summed E-state index contributed by atoms with van der Waals surface area (Å²) < 4.78 is 0. The highest BCUT2D eigenvalue weighted by Crippen LogP contribution is 2.28. The summed E-state index contributed by atoms with van der Waals surface area (Å²) in [5, 5.41) is 20.5. The van der Waals surface area contributed by atoms with Crippen molar-refractivity contribution >= 4 is 45.7 Å². The second-order valence-electron chi connectivity index (χ2n) is 4.49. The molecule has 0 saturated heterocycles. The predicted octanol–water partition coefficient (Wildman–Crippen LogP) is 3.68. The number of aliphatic hydroxyl groups excluding tert-OH is 1. The number of halogens is 1. The maximum absolute atomic E-state index is 10.5. The van der Waals surface area contributed by atoms with Crippen LogP contribution in [0.1, 0.15) is 11.5 Å². The molecule has 3 aromatic rings. The fourth-order valence-electron chi connectivity index (χ4n) is 2.02. The molecule has 0 radical (unpaired) electrons. The Labute approximate surface area is 140 Å². The van der Waals surface area contributed by atoms with Crippen LogP contribution in [0.4, 0.5) is 0 Å². The minimum absolute atomic E-state index is 0.0335. The number of hydrogen-bond acceptors (Lipinski definition) is 6. The van der Waals surface area contributed by atoms with Crippen molar-refractivity contribution in [2.75, 3.05) is 6.26 Å². The Morgan fingerprint density at radius 1 is 1.35 bits per heavy atom. The van der Waals surface area contributed by atoms with Crippen molar-refractivity contribution in [2.45, 2.75) is 5.16 Å². The first kappa shape index (κ1) is 15.3. The smallest absolute Gasteiger partial charge is 0.188 e. The van der Waals surface area contributed by atoms with Crippen LogP contribution < -0.4 is 0 Å². The van der Waals surface area contributed by atoms with Gasteiger partial charge in [0.05, 0.1) is 22.3 Å². The zero-order valence-electron chi connectivity index (χ0n) is 11.9. The van der Waals surface area contributed by atoms with Gasteiger partial charge in [0.15, 0.2) is 16.7 Å². The molecule has 23 heavy (non-hydrogen) atoms. The zero-order chi connectivity index (χ0) is 16.4. The Bertz CT molecular complexity index is 927. The maximum atomic E-state index is 10.5. The Morgan fingerprint density at radius 3 is 2.83 bits per heavy atom. The van der Waals surface area contributed by atoms with Crippen molar-refractivity contribution in [1.82, 2.24) is 19.9 Å². The molecule has 2 heterocycles. The van der Waals surface area contributed by atoms with Crippen molar-refractivity contribution in [3.63, 3.8) is 0 Å². The number of fused-ring (bicyclic) bond motifs is 1. The molecule has 0 aliphatic rings. The number of aromatic amines is 1. The Kier molecular flexibility index (Phi) is 4.19. The van der Waals surface area contributed by atoms with Gasteiger partial charge in [-0.15, -0.1) is 0 Å². The summed E-state index contributed by atoms with van der Waals surface area (Å²) in [5.74, 6) is -0.0826. The summed E-state index contributed by atoms with van der Waals surface area (Å²) in [7, 11) is 0. The summed E-state index contributed by atoms with van der Waals surface area (Å²) in [6, 6.07) is 9.29. The number of imidazole rings is 1. The molecule has 0 aliphatic heterocycles. The lowest BCUT2D eigenvalue weighted by atomic mass is 10.2. The van der Waals surface area contributed by atoms with Crippen molar-refractivity contribution in [2.24, 2.45) is 0 Å². The molecule has 0 aliphatic carbocycles. The summed E-state index contributed by atoms with van der Waals surface area (Å²) in [4.78, 5) is 15.5. The molecule has 0 spiro atoms. The number of nitriles is 1. The van der Waals surface area contributed by atoms with E-state index in [1.165, 1.54) is 18.0 Å². The van der Waals surface area contributed by atoms with E-state index in [4.69, 9.17) is 11.6 Å². The van der Waals surface area contributed by atoms with Crippen LogP contribution in [0.5, 0.6) is 0 Å². The number of aliphatic hydroxyl groups is 1. The van der Waals surface area contributed by atoms with E-state index in [0.717, 1.165) is 5.52 Å². The first-order valence-corrected chi connectivity index (χ1v) is 8.09. The average Bonchev–Trinajstić information content (AvgIpc) is 2.99. The zero-order valence-corrected chi connectivity index (χ0v) is 13.5. The standard InChI is InChI=1S/C15H10ClN5OS/c1-23-15-18-7-9(16)12(21-15)13(22)8(6-17)14-19-10-4-2-3-5-11(10)20-14/h2-5,7,22H,1H3,(H,19,20)/b13-8-. The van der Waals surface area contributed by atoms with Crippen LogP contribution in [0.25, 0.3) is 22.4 Å². The highest BCUT2D eigenvalue weighted by Gasteiger charge is 2.18. The van der Waals surface area contributed by atoms with Gasteiger partial charge in [0.1, 0.15) is 17.3 Å². The van der Waals surface area contributed by atoms with E-state index in [9.17, 15) is 10.4 Å². The van der Waals surface area contributed by atoms with Gasteiger partial charge in [-0.1, -0.05) is 35.5 Å². The van der Waals surface area contributed by atoms with E-state index in [1.54, 1.807) is 6.26 Å². The van der Waals surface area contributed by atoms with Gasteiger partial charge in [0.25, 0.3) is 0 Å². The van der Waals surface area contributed by atoms with E-state index in [-0.39, 0.29) is 27.9 Å². The minimum Gasteiger partial charge on any atom is -0.504 e. The van der Waals surface area contributed by atoms with Gasteiger partial charge >= 0.3 is 0 Å². The second kappa shape index (κ2) is 6.28. The lowest BCUT2D eigenvalue weighted by Gasteiger charge is -2.05. The molecule has 6 nitrogen and oxygen atoms in total. The van der Waals surface area contributed by atoms with Crippen molar-refractivity contribution in [3.8, 4) is 6.07 Å². The van der Waals surface area contributed by atoms with Gasteiger partial charge in [-0.05, 0) is 18.4 Å². The van der Waals surface area contributed by atoms with Gasteiger partial charge in [0, 0.05) is 0 Å². The fourth-order valence-corrected chi connectivity index (χ4v) is 2.54. The third-order valence-corrected chi connectivity index (χ3v) is 3.94. The lowest BCUT2D eigenvalue weighted by Crippen LogP contribution is -1.98. The van der Waals surface area contributed by atoms with Gasteiger partial charge < -0.3 is 10.1 Å². The van der Waals surface area contributed by atoms with Crippen LogP contribution in [0.2, 0.25) is 5.02 Å². The molecule has 0 fully saturated rings. The van der Waals surface area contributed by atoms with E-state index >= 15 is 0 Å². The molecule has 0 bridgehead atoms. The van der Waals surface area contributed by atoms with Crippen molar-refractivity contribution in [1.29, 1.82) is 5.26 Å². The highest BCUT2D eigenvalue weighted by molar-refractivity contribution is 7.98. The van der Waals surface area contributed by atoms with E-state index in [2.05, 4.69) is 19.9 Å². The van der Waals surface area contributed by atoms with E-state index in [0.29, 0.717) is 10.7 Å². The molecular weight excluding hydrogens is 334 g/mol. The Morgan fingerprint density at radius 2 is 2.13 bits per heavy atom. The van der Waals surface area contributed by atoms with Crippen molar-refractivity contribution < 1.29 is 5.11 Å². The number of rotatable bonds is 3. The van der Waals surface area contributed by atoms with Crippen LogP contribution in [0.3, 0.4) is 0 Å². The first-order chi connectivity index (χ1) is 11.1. The number of benzene rings is 1. The SMILES string of the molecule is CSc1ncc(Cl)c(/C(O)=C(\C#N)c2nc3ccccc3[nH]2)n1. The summed E-state index contributed by atoms with van der Waals surface area (Å²) in [5.41, 5.74) is 1.53.